The smallest absolute Gasteiger partial charge is 0.327 e. The number of likely N-dealkylation sites (tertiary alicyclic amines) is 1. The van der Waals surface area contributed by atoms with Crippen molar-refractivity contribution in [2.45, 2.75) is 45.8 Å². The molecule has 1 aromatic carbocycles. The monoisotopic (exact) mass is 336 g/mol. The van der Waals surface area contributed by atoms with Crippen molar-refractivity contribution < 1.29 is 18.0 Å². The molecule has 0 radical (unpaired) electrons. The molecule has 128 valence electrons. The van der Waals surface area contributed by atoms with Gasteiger partial charge in [-0.2, -0.15) is 13.2 Å². The lowest BCUT2D eigenvalue weighted by Crippen LogP contribution is -2.44. The average molecular weight is 336 g/mol. The van der Waals surface area contributed by atoms with Gasteiger partial charge in [-0.3, -0.25) is 9.78 Å². The number of hydrogen-bond donors (Lipinski definition) is 0. The van der Waals surface area contributed by atoms with E-state index >= 15 is 0 Å². The molecule has 0 N–H and O–H groups in total. The predicted molar refractivity (Wildman–Crippen MR) is 86.1 cm³/mol. The van der Waals surface area contributed by atoms with Crippen LogP contribution < -0.4 is 0 Å². The van der Waals surface area contributed by atoms with Crippen LogP contribution in [0, 0.1) is 20.8 Å². The van der Waals surface area contributed by atoms with Crippen molar-refractivity contribution in [2.24, 2.45) is 0 Å². The number of hydrogen-bond acceptors (Lipinski definition) is 2. The van der Waals surface area contributed by atoms with Crippen LogP contribution in [0.3, 0.4) is 0 Å². The number of carbonyl (C=O) groups is 1. The second-order valence-electron chi connectivity index (χ2n) is 6.41. The van der Waals surface area contributed by atoms with E-state index in [2.05, 4.69) is 4.98 Å². The summed E-state index contributed by atoms with van der Waals surface area (Å²) in [6, 6.07) is 3.54. The predicted octanol–water partition coefficient (Wildman–Crippen LogP) is 4.33. The Morgan fingerprint density at radius 1 is 1.25 bits per heavy atom. The van der Waals surface area contributed by atoms with Crippen LogP contribution in [0.4, 0.5) is 13.2 Å². The molecule has 0 saturated carbocycles. The zero-order valence-corrected chi connectivity index (χ0v) is 13.9. The molecule has 1 unspecified atom stereocenters. The Balaban J connectivity index is 2.12. The summed E-state index contributed by atoms with van der Waals surface area (Å²) in [5, 5.41) is 0.613. The van der Waals surface area contributed by atoms with Crippen molar-refractivity contribution in [2.75, 3.05) is 6.54 Å². The Labute approximate surface area is 138 Å². The summed E-state index contributed by atoms with van der Waals surface area (Å²) in [7, 11) is 0. The number of halogens is 3. The summed E-state index contributed by atoms with van der Waals surface area (Å²) in [6.07, 6.45) is -4.05. The van der Waals surface area contributed by atoms with Crippen molar-refractivity contribution in [3.63, 3.8) is 0 Å². The molecule has 2 aromatic rings. The number of carbonyl (C=O) groups excluding carboxylic acids is 1. The third-order valence-corrected chi connectivity index (χ3v) is 4.76. The molecule has 6 heteroatoms. The van der Waals surface area contributed by atoms with Gasteiger partial charge in [0, 0.05) is 17.6 Å². The molecular formula is C18H19F3N2O. The quantitative estimate of drug-likeness (QED) is 0.777. The molecule has 0 aliphatic carbocycles. The molecule has 1 fully saturated rings. The van der Waals surface area contributed by atoms with E-state index in [1.165, 1.54) is 0 Å². The van der Waals surface area contributed by atoms with E-state index in [0.717, 1.165) is 16.0 Å². The van der Waals surface area contributed by atoms with Gasteiger partial charge in [0.15, 0.2) is 0 Å². The second-order valence-corrected chi connectivity index (χ2v) is 6.41. The molecular weight excluding hydrogens is 317 g/mol. The first-order valence-electron chi connectivity index (χ1n) is 7.95. The lowest BCUT2D eigenvalue weighted by Gasteiger charge is -2.27. The van der Waals surface area contributed by atoms with Gasteiger partial charge >= 0.3 is 6.18 Å². The number of fused-ring (bicyclic) bond motifs is 1. The second kappa shape index (κ2) is 5.76. The van der Waals surface area contributed by atoms with Gasteiger partial charge in [-0.1, -0.05) is 12.1 Å². The number of aryl methyl sites for hydroxylation is 3. The van der Waals surface area contributed by atoms with Crippen molar-refractivity contribution >= 4 is 16.8 Å². The molecule has 0 spiro atoms. The lowest BCUT2D eigenvalue weighted by atomic mass is 10.00. The number of alkyl halides is 3. The molecule has 1 atom stereocenters. The van der Waals surface area contributed by atoms with Gasteiger partial charge in [-0.05, 0) is 50.8 Å². The Morgan fingerprint density at radius 2 is 1.96 bits per heavy atom. The highest BCUT2D eigenvalue weighted by atomic mass is 19.4. The van der Waals surface area contributed by atoms with Crippen LogP contribution in [0.1, 0.15) is 40.0 Å². The third kappa shape index (κ3) is 2.74. The molecule has 1 aromatic heterocycles. The minimum absolute atomic E-state index is 0.0324. The summed E-state index contributed by atoms with van der Waals surface area (Å²) in [5.41, 5.74) is 3.59. The van der Waals surface area contributed by atoms with E-state index in [9.17, 15) is 18.0 Å². The van der Waals surface area contributed by atoms with Crippen LogP contribution in [-0.4, -0.2) is 34.6 Å². The lowest BCUT2D eigenvalue weighted by molar-refractivity contribution is -0.169. The maximum atomic E-state index is 13.2. The Kier molecular flexibility index (Phi) is 4.01. The number of aromatic nitrogens is 1. The fourth-order valence-corrected chi connectivity index (χ4v) is 3.34. The molecule has 1 saturated heterocycles. The number of nitrogens with zero attached hydrogens (tertiary/aromatic N) is 2. The van der Waals surface area contributed by atoms with Crippen molar-refractivity contribution in [3.05, 3.63) is 40.6 Å². The number of rotatable bonds is 1. The first-order valence-corrected chi connectivity index (χ1v) is 7.95. The zero-order valence-electron chi connectivity index (χ0n) is 13.9. The maximum Gasteiger partial charge on any atom is 0.408 e. The standard InChI is InChI=1S/C18H19F3N2O/c1-10-6-7-13-14(9-11(2)22-16(13)12(10)3)17(24)23-8-4-5-15(23)18(19,20)21/h6-7,9,15H,4-5,8H2,1-3H3. The van der Waals surface area contributed by atoms with Gasteiger partial charge in [-0.15, -0.1) is 0 Å². The molecule has 1 aliphatic rings. The first kappa shape index (κ1) is 16.7. The normalized spacial score (nSPS) is 18.4. The number of amides is 1. The summed E-state index contributed by atoms with van der Waals surface area (Å²) in [5.74, 6) is -0.562. The summed E-state index contributed by atoms with van der Waals surface area (Å²) < 4.78 is 39.6. The van der Waals surface area contributed by atoms with Gasteiger partial charge < -0.3 is 4.90 Å². The number of pyridine rings is 1. The molecule has 3 rings (SSSR count). The van der Waals surface area contributed by atoms with E-state index in [-0.39, 0.29) is 13.0 Å². The van der Waals surface area contributed by atoms with Crippen LogP contribution in [0.5, 0.6) is 0 Å². The van der Waals surface area contributed by atoms with Crippen LogP contribution in [0.2, 0.25) is 0 Å². The van der Waals surface area contributed by atoms with Gasteiger partial charge in [0.1, 0.15) is 6.04 Å². The van der Waals surface area contributed by atoms with Crippen molar-refractivity contribution in [1.82, 2.24) is 9.88 Å². The van der Waals surface area contributed by atoms with Gasteiger partial charge in [0.05, 0.1) is 11.1 Å². The maximum absolute atomic E-state index is 13.2. The van der Waals surface area contributed by atoms with Crippen LogP contribution in [0.15, 0.2) is 18.2 Å². The van der Waals surface area contributed by atoms with Gasteiger partial charge in [0.25, 0.3) is 5.91 Å². The molecule has 3 nitrogen and oxygen atoms in total. The zero-order chi connectivity index (χ0) is 17.6. The third-order valence-electron chi connectivity index (χ3n) is 4.76. The van der Waals surface area contributed by atoms with Gasteiger partial charge in [-0.25, -0.2) is 0 Å². The highest BCUT2D eigenvalue weighted by molar-refractivity contribution is 6.07. The first-order chi connectivity index (χ1) is 11.2. The van der Waals surface area contributed by atoms with E-state index in [0.29, 0.717) is 28.6 Å². The van der Waals surface area contributed by atoms with Crippen molar-refractivity contribution in [1.29, 1.82) is 0 Å². The minimum Gasteiger partial charge on any atom is -0.327 e. The topological polar surface area (TPSA) is 33.2 Å². The molecule has 24 heavy (non-hydrogen) atoms. The Hall–Kier alpha value is -2.11. The number of benzene rings is 1. The highest BCUT2D eigenvalue weighted by Gasteiger charge is 2.48. The average Bonchev–Trinajstić information content (AvgIpc) is 3.00. The highest BCUT2D eigenvalue weighted by Crippen LogP contribution is 2.34. The molecule has 1 aliphatic heterocycles. The molecule has 2 heterocycles. The fourth-order valence-electron chi connectivity index (χ4n) is 3.34. The van der Waals surface area contributed by atoms with E-state index in [1.807, 2.05) is 19.9 Å². The summed E-state index contributed by atoms with van der Waals surface area (Å²) in [4.78, 5) is 18.3. The Morgan fingerprint density at radius 3 is 2.62 bits per heavy atom. The summed E-state index contributed by atoms with van der Waals surface area (Å²) in [6.45, 7) is 5.74. The van der Waals surface area contributed by atoms with Crippen LogP contribution >= 0.6 is 0 Å². The van der Waals surface area contributed by atoms with E-state index in [1.54, 1.807) is 19.1 Å². The fraction of sp³-hybridized carbons (Fsp3) is 0.444. The molecule has 0 bridgehead atoms. The van der Waals surface area contributed by atoms with Gasteiger partial charge in [0.2, 0.25) is 0 Å². The van der Waals surface area contributed by atoms with E-state index < -0.39 is 18.1 Å². The van der Waals surface area contributed by atoms with Crippen LogP contribution in [0.25, 0.3) is 10.9 Å². The van der Waals surface area contributed by atoms with E-state index in [4.69, 9.17) is 0 Å². The molecule has 1 amide bonds. The Bertz CT molecular complexity index is 814. The minimum atomic E-state index is -4.39. The SMILES string of the molecule is Cc1cc(C(=O)N2CCCC2C(F)(F)F)c2ccc(C)c(C)c2n1. The largest absolute Gasteiger partial charge is 0.408 e. The van der Waals surface area contributed by atoms with Crippen LogP contribution in [-0.2, 0) is 0 Å². The van der Waals surface area contributed by atoms with Crippen molar-refractivity contribution in [3.8, 4) is 0 Å². The summed E-state index contributed by atoms with van der Waals surface area (Å²) >= 11 is 0.